The molecule has 8 nitrogen and oxygen atoms in total. The van der Waals surface area contributed by atoms with Gasteiger partial charge in [0, 0.05) is 18.0 Å². The third-order valence-electron chi connectivity index (χ3n) is 4.74. The maximum Gasteiger partial charge on any atom is 0.416 e. The van der Waals surface area contributed by atoms with Gasteiger partial charge in [0.25, 0.3) is 11.9 Å². The molecule has 1 N–H and O–H groups in total. The molecule has 0 saturated heterocycles. The van der Waals surface area contributed by atoms with E-state index in [0.29, 0.717) is 11.6 Å². The molecular weight excluding hydrogens is 423 g/mol. The number of carbonyl (C=O) groups is 1. The van der Waals surface area contributed by atoms with Gasteiger partial charge >= 0.3 is 6.18 Å². The van der Waals surface area contributed by atoms with Crippen LogP contribution in [0.2, 0.25) is 0 Å². The minimum Gasteiger partial charge on any atom is -0.342 e. The Balaban J connectivity index is 1.96. The van der Waals surface area contributed by atoms with Gasteiger partial charge in [-0.2, -0.15) is 23.1 Å². The number of hydrogen-bond donors (Lipinski definition) is 1. The largest absolute Gasteiger partial charge is 0.416 e. The Kier molecular flexibility index (Phi) is 5.98. The van der Waals surface area contributed by atoms with E-state index >= 15 is 0 Å². The van der Waals surface area contributed by atoms with Crippen molar-refractivity contribution < 1.29 is 18.0 Å². The number of halogens is 3. The van der Waals surface area contributed by atoms with Gasteiger partial charge in [0.15, 0.2) is 5.82 Å². The Morgan fingerprint density at radius 1 is 1.16 bits per heavy atom. The van der Waals surface area contributed by atoms with Crippen LogP contribution >= 0.6 is 0 Å². The number of amides is 1. The van der Waals surface area contributed by atoms with Crippen LogP contribution in [0, 0.1) is 18.3 Å². The summed E-state index contributed by atoms with van der Waals surface area (Å²) in [5.74, 6) is 0.207. The average Bonchev–Trinajstić information content (AvgIpc) is 3.15. The summed E-state index contributed by atoms with van der Waals surface area (Å²) in [5, 5.41) is 16.2. The summed E-state index contributed by atoms with van der Waals surface area (Å²) in [6.45, 7) is 6.24. The summed E-state index contributed by atoms with van der Waals surface area (Å²) >= 11 is 0. The number of nitrogens with zero attached hydrogens (tertiary/aromatic N) is 6. The van der Waals surface area contributed by atoms with Crippen molar-refractivity contribution in [2.45, 2.75) is 45.3 Å². The Bertz CT molecular complexity index is 1180. The molecule has 1 atom stereocenters. The van der Waals surface area contributed by atoms with Crippen molar-refractivity contribution >= 4 is 5.91 Å². The molecule has 0 radical (unpaired) electrons. The minimum absolute atomic E-state index is 0.0873. The molecule has 0 spiro atoms. The smallest absolute Gasteiger partial charge is 0.342 e. The number of alkyl halides is 3. The van der Waals surface area contributed by atoms with E-state index in [4.69, 9.17) is 0 Å². The zero-order valence-electron chi connectivity index (χ0n) is 17.8. The molecule has 0 aliphatic rings. The second kappa shape index (κ2) is 8.37. The van der Waals surface area contributed by atoms with E-state index in [1.54, 1.807) is 19.9 Å². The normalized spacial score (nSPS) is 12.8. The lowest BCUT2D eigenvalue weighted by Gasteiger charge is -2.20. The maximum atomic E-state index is 13.4. The van der Waals surface area contributed by atoms with Crippen LogP contribution in [0.3, 0.4) is 0 Å². The van der Waals surface area contributed by atoms with Gasteiger partial charge in [0.2, 0.25) is 0 Å². The highest BCUT2D eigenvalue weighted by atomic mass is 19.4. The van der Waals surface area contributed by atoms with Crippen molar-refractivity contribution in [3.05, 3.63) is 65.0 Å². The molecule has 0 aliphatic carbocycles. The van der Waals surface area contributed by atoms with E-state index in [2.05, 4.69) is 25.4 Å². The van der Waals surface area contributed by atoms with Crippen LogP contribution in [0.1, 0.15) is 59.9 Å². The first kappa shape index (κ1) is 22.9. The summed E-state index contributed by atoms with van der Waals surface area (Å²) in [6, 6.07) is 5.80. The van der Waals surface area contributed by atoms with Gasteiger partial charge in [-0.05, 0) is 57.5 Å². The topological polar surface area (TPSA) is 109 Å². The second-order valence-corrected chi connectivity index (χ2v) is 7.71. The maximum absolute atomic E-state index is 13.4. The van der Waals surface area contributed by atoms with Crippen LogP contribution < -0.4 is 5.32 Å². The number of carbonyl (C=O) groups excluding carboxylic acids is 1. The summed E-state index contributed by atoms with van der Waals surface area (Å²) in [5.41, 5.74) is -2.36. The SMILES string of the molecule is Cc1nc(C(C)NC(=O)c2cc(C(F)(F)F)cc(C(C)(C)C#N)c2)n(-c2ncccn2)n1. The minimum atomic E-state index is -4.68. The number of nitrogens with one attached hydrogen (secondary N) is 1. The predicted octanol–water partition coefficient (Wildman–Crippen LogP) is 3.68. The monoisotopic (exact) mass is 443 g/mol. The first-order valence-corrected chi connectivity index (χ1v) is 9.58. The van der Waals surface area contributed by atoms with Crippen molar-refractivity contribution in [2.75, 3.05) is 0 Å². The number of benzene rings is 1. The first-order chi connectivity index (χ1) is 14.9. The number of hydrogen-bond acceptors (Lipinski definition) is 6. The Morgan fingerprint density at radius 3 is 2.38 bits per heavy atom. The number of rotatable bonds is 5. The van der Waals surface area contributed by atoms with E-state index < -0.39 is 29.1 Å². The van der Waals surface area contributed by atoms with Gasteiger partial charge in [0.1, 0.15) is 5.82 Å². The Hall–Kier alpha value is -3.81. The summed E-state index contributed by atoms with van der Waals surface area (Å²) in [4.78, 5) is 25.4. The molecule has 0 aliphatic heterocycles. The van der Waals surface area contributed by atoms with Crippen LogP contribution in [-0.2, 0) is 11.6 Å². The van der Waals surface area contributed by atoms with Crippen LogP contribution in [0.25, 0.3) is 5.95 Å². The van der Waals surface area contributed by atoms with Crippen LogP contribution in [0.5, 0.6) is 0 Å². The second-order valence-electron chi connectivity index (χ2n) is 7.71. The molecule has 0 fully saturated rings. The van der Waals surface area contributed by atoms with Crippen LogP contribution in [0.15, 0.2) is 36.7 Å². The standard InChI is InChI=1S/C21H20F3N7O/c1-12(17-29-13(2)30-31(17)19-26-6-5-7-27-19)28-18(32)14-8-15(20(3,4)11-25)10-16(9-14)21(22,23)24/h5-10,12H,1-4H3,(H,28,32). The fraction of sp³-hybridized carbons (Fsp3) is 0.333. The zero-order chi connectivity index (χ0) is 23.7. The quantitative estimate of drug-likeness (QED) is 0.644. The van der Waals surface area contributed by atoms with Gasteiger partial charge in [-0.25, -0.2) is 15.0 Å². The molecule has 3 rings (SSSR count). The molecule has 166 valence electrons. The lowest BCUT2D eigenvalue weighted by molar-refractivity contribution is -0.137. The van der Waals surface area contributed by atoms with E-state index in [1.807, 2.05) is 6.07 Å². The molecule has 2 heterocycles. The number of aryl methyl sites for hydroxylation is 1. The molecule has 3 aromatic rings. The number of nitriles is 1. The van der Waals surface area contributed by atoms with Crippen LogP contribution in [-0.4, -0.2) is 30.6 Å². The highest BCUT2D eigenvalue weighted by molar-refractivity contribution is 5.95. The lowest BCUT2D eigenvalue weighted by atomic mass is 9.84. The van der Waals surface area contributed by atoms with Gasteiger partial charge in [-0.15, -0.1) is 5.10 Å². The third-order valence-corrected chi connectivity index (χ3v) is 4.74. The van der Waals surface area contributed by atoms with E-state index in [-0.39, 0.29) is 17.1 Å². The van der Waals surface area contributed by atoms with Gasteiger partial charge in [0.05, 0.1) is 23.1 Å². The van der Waals surface area contributed by atoms with E-state index in [0.717, 1.165) is 12.1 Å². The van der Waals surface area contributed by atoms with Gasteiger partial charge < -0.3 is 5.32 Å². The molecule has 11 heteroatoms. The molecule has 0 bridgehead atoms. The van der Waals surface area contributed by atoms with Gasteiger partial charge in [-0.3, -0.25) is 4.79 Å². The fourth-order valence-corrected chi connectivity index (χ4v) is 2.95. The first-order valence-electron chi connectivity index (χ1n) is 9.58. The molecule has 1 amide bonds. The lowest BCUT2D eigenvalue weighted by Crippen LogP contribution is -2.30. The Morgan fingerprint density at radius 2 is 1.78 bits per heavy atom. The van der Waals surface area contributed by atoms with Crippen molar-refractivity contribution in [2.24, 2.45) is 0 Å². The number of aromatic nitrogens is 5. The molecule has 0 saturated carbocycles. The molecule has 2 aromatic heterocycles. The predicted molar refractivity (Wildman–Crippen MR) is 108 cm³/mol. The van der Waals surface area contributed by atoms with Crippen LogP contribution in [0.4, 0.5) is 13.2 Å². The zero-order valence-corrected chi connectivity index (χ0v) is 17.8. The fourth-order valence-electron chi connectivity index (χ4n) is 2.95. The van der Waals surface area contributed by atoms with Gasteiger partial charge in [-0.1, -0.05) is 0 Å². The molecule has 1 unspecified atom stereocenters. The summed E-state index contributed by atoms with van der Waals surface area (Å²) < 4.78 is 41.6. The third kappa shape index (κ3) is 4.74. The van der Waals surface area contributed by atoms with E-state index in [9.17, 15) is 23.2 Å². The molecule has 1 aromatic carbocycles. The molecular formula is C21H20F3N7O. The summed E-state index contributed by atoms with van der Waals surface area (Å²) in [7, 11) is 0. The highest BCUT2D eigenvalue weighted by Gasteiger charge is 2.34. The molecule has 32 heavy (non-hydrogen) atoms. The van der Waals surface area contributed by atoms with E-state index in [1.165, 1.54) is 37.0 Å². The van der Waals surface area contributed by atoms with Crippen molar-refractivity contribution in [1.82, 2.24) is 30.0 Å². The van der Waals surface area contributed by atoms with Crippen molar-refractivity contribution in [3.63, 3.8) is 0 Å². The van der Waals surface area contributed by atoms with Crippen molar-refractivity contribution in [1.29, 1.82) is 5.26 Å². The summed E-state index contributed by atoms with van der Waals surface area (Å²) in [6.07, 6.45) is -1.63. The Labute approximate surface area is 182 Å². The highest BCUT2D eigenvalue weighted by Crippen LogP contribution is 2.34. The average molecular weight is 443 g/mol. The van der Waals surface area contributed by atoms with Crippen molar-refractivity contribution in [3.8, 4) is 12.0 Å².